The van der Waals surface area contributed by atoms with Crippen LogP contribution in [0.15, 0.2) is 114 Å². The predicted octanol–water partition coefficient (Wildman–Crippen LogP) is 8.48. The molecule has 0 fully saturated rings. The summed E-state index contributed by atoms with van der Waals surface area (Å²) in [6.07, 6.45) is 0.991. The lowest BCUT2D eigenvalue weighted by Gasteiger charge is -2.26. The Bertz CT molecular complexity index is 1870. The summed E-state index contributed by atoms with van der Waals surface area (Å²) in [5.41, 5.74) is 5.21. The first-order valence-corrected chi connectivity index (χ1v) is 17.0. The zero-order valence-electron chi connectivity index (χ0n) is 24.9. The second-order valence-electron chi connectivity index (χ2n) is 11.0. The number of nitrogens with one attached hydrogen (secondary N) is 2. The number of thioether (sulfide) groups is 1. The van der Waals surface area contributed by atoms with Gasteiger partial charge < -0.3 is 10.6 Å². The minimum atomic E-state index is -0.582. The maximum absolute atomic E-state index is 14.0. The number of thiophene rings is 1. The molecule has 2 heterocycles. The van der Waals surface area contributed by atoms with Crippen LogP contribution in [0.3, 0.4) is 0 Å². The zero-order chi connectivity index (χ0) is 31.9. The van der Waals surface area contributed by atoms with Gasteiger partial charge in [0.15, 0.2) is 0 Å². The average Bonchev–Trinajstić information content (AvgIpc) is 3.41. The second kappa shape index (κ2) is 14.8. The molecule has 1 aromatic heterocycles. The van der Waals surface area contributed by atoms with Gasteiger partial charge in [-0.05, 0) is 59.0 Å². The summed E-state index contributed by atoms with van der Waals surface area (Å²) in [5.74, 6) is -0.348. The molecule has 1 atom stereocenters. The van der Waals surface area contributed by atoms with Crippen molar-refractivity contribution in [2.75, 3.05) is 17.2 Å². The van der Waals surface area contributed by atoms with Crippen LogP contribution in [0.1, 0.15) is 37.9 Å². The molecule has 1 unspecified atom stereocenters. The van der Waals surface area contributed by atoms with Gasteiger partial charge in [-0.3, -0.25) is 14.5 Å². The number of nitrogens with zero attached hydrogens (tertiary/aromatic N) is 2. The number of nitriles is 1. The van der Waals surface area contributed by atoms with Gasteiger partial charge in [0, 0.05) is 40.1 Å². The van der Waals surface area contributed by atoms with Crippen molar-refractivity contribution < 1.29 is 9.59 Å². The molecule has 0 radical (unpaired) electrons. The molecular formula is C37H31ClN4O2S2. The van der Waals surface area contributed by atoms with E-state index >= 15 is 0 Å². The third-order valence-electron chi connectivity index (χ3n) is 7.72. The molecule has 5 aromatic rings. The van der Waals surface area contributed by atoms with Crippen molar-refractivity contribution in [3.63, 3.8) is 0 Å². The lowest BCUT2D eigenvalue weighted by atomic mass is 10.0. The number of carbonyl (C=O) groups is 2. The monoisotopic (exact) mass is 662 g/mol. The molecule has 0 saturated heterocycles. The van der Waals surface area contributed by atoms with Crippen molar-refractivity contribution in [3.05, 3.63) is 147 Å². The Balaban J connectivity index is 1.17. The fraction of sp³-hybridized carbons (Fsp3) is 0.162. The normalized spacial score (nSPS) is 13.3. The van der Waals surface area contributed by atoms with Gasteiger partial charge in [-0.1, -0.05) is 90.5 Å². The summed E-state index contributed by atoms with van der Waals surface area (Å²) in [7, 11) is 0. The summed E-state index contributed by atoms with van der Waals surface area (Å²) in [4.78, 5) is 31.0. The molecule has 0 bridgehead atoms. The number of rotatable bonds is 10. The maximum Gasteiger partial charge on any atom is 0.243 e. The Hall–Kier alpha value is -4.39. The van der Waals surface area contributed by atoms with E-state index in [1.54, 1.807) is 12.1 Å². The van der Waals surface area contributed by atoms with Gasteiger partial charge in [0.25, 0.3) is 0 Å². The molecule has 230 valence electrons. The van der Waals surface area contributed by atoms with E-state index in [0.717, 1.165) is 52.5 Å². The quantitative estimate of drug-likeness (QED) is 0.147. The van der Waals surface area contributed by atoms with Gasteiger partial charge in [-0.2, -0.15) is 5.26 Å². The van der Waals surface area contributed by atoms with Crippen molar-refractivity contribution in [1.82, 2.24) is 4.90 Å². The van der Waals surface area contributed by atoms with Crippen molar-refractivity contribution in [3.8, 4) is 6.07 Å². The Labute approximate surface area is 282 Å². The predicted molar refractivity (Wildman–Crippen MR) is 187 cm³/mol. The van der Waals surface area contributed by atoms with E-state index in [0.29, 0.717) is 21.3 Å². The Kier molecular flexibility index (Phi) is 10.2. The Morgan fingerprint density at radius 3 is 2.39 bits per heavy atom. The summed E-state index contributed by atoms with van der Waals surface area (Å²) in [5, 5.41) is 16.8. The van der Waals surface area contributed by atoms with Gasteiger partial charge in [-0.15, -0.1) is 23.1 Å². The first-order chi connectivity index (χ1) is 22.4. The third-order valence-corrected chi connectivity index (χ3v) is 10.4. The summed E-state index contributed by atoms with van der Waals surface area (Å²) < 4.78 is 0. The number of fused-ring (bicyclic) bond motifs is 1. The largest absolute Gasteiger partial charge is 0.326 e. The van der Waals surface area contributed by atoms with Crippen LogP contribution in [-0.2, 0) is 35.5 Å². The molecule has 1 aliphatic heterocycles. The minimum absolute atomic E-state index is 0.144. The number of benzene rings is 4. The molecule has 6 rings (SSSR count). The van der Waals surface area contributed by atoms with Crippen LogP contribution < -0.4 is 10.6 Å². The molecule has 6 nitrogen and oxygen atoms in total. The first-order valence-electron chi connectivity index (χ1n) is 14.9. The van der Waals surface area contributed by atoms with Gasteiger partial charge in [-0.25, -0.2) is 0 Å². The molecule has 2 amide bonds. The molecule has 0 spiro atoms. The summed E-state index contributed by atoms with van der Waals surface area (Å²) in [6, 6.07) is 37.0. The Morgan fingerprint density at radius 2 is 1.65 bits per heavy atom. The maximum atomic E-state index is 14.0. The van der Waals surface area contributed by atoms with E-state index in [1.165, 1.54) is 28.7 Å². The van der Waals surface area contributed by atoms with Gasteiger partial charge in [0.05, 0.1) is 12.0 Å². The van der Waals surface area contributed by atoms with Crippen molar-refractivity contribution in [1.29, 1.82) is 5.26 Å². The minimum Gasteiger partial charge on any atom is -0.326 e. The van der Waals surface area contributed by atoms with E-state index < -0.39 is 5.25 Å². The van der Waals surface area contributed by atoms with Crippen LogP contribution in [0, 0.1) is 11.3 Å². The van der Waals surface area contributed by atoms with E-state index in [-0.39, 0.29) is 18.2 Å². The summed E-state index contributed by atoms with van der Waals surface area (Å²) >= 11 is 8.87. The van der Waals surface area contributed by atoms with Crippen molar-refractivity contribution >= 4 is 57.2 Å². The smallest absolute Gasteiger partial charge is 0.243 e. The lowest BCUT2D eigenvalue weighted by Crippen LogP contribution is -2.29. The van der Waals surface area contributed by atoms with Crippen LogP contribution in [0.5, 0.6) is 0 Å². The number of anilines is 2. The van der Waals surface area contributed by atoms with E-state index in [9.17, 15) is 14.9 Å². The fourth-order valence-corrected chi connectivity index (χ4v) is 7.95. The topological polar surface area (TPSA) is 85.2 Å². The number of halogens is 1. The molecule has 9 heteroatoms. The fourth-order valence-electron chi connectivity index (χ4n) is 5.49. The highest BCUT2D eigenvalue weighted by molar-refractivity contribution is 8.00. The van der Waals surface area contributed by atoms with Crippen LogP contribution in [0.25, 0.3) is 0 Å². The molecule has 4 aromatic carbocycles. The van der Waals surface area contributed by atoms with E-state index in [1.807, 2.05) is 84.9 Å². The highest BCUT2D eigenvalue weighted by Crippen LogP contribution is 2.41. The highest BCUT2D eigenvalue weighted by Gasteiger charge is 2.28. The second-order valence-corrected chi connectivity index (χ2v) is 13.8. The first kappa shape index (κ1) is 31.6. The van der Waals surface area contributed by atoms with E-state index in [2.05, 4.69) is 33.7 Å². The summed E-state index contributed by atoms with van der Waals surface area (Å²) in [6.45, 7) is 2.44. The molecular weight excluding hydrogens is 632 g/mol. The molecule has 0 saturated carbocycles. The van der Waals surface area contributed by atoms with Gasteiger partial charge in [0.1, 0.15) is 16.3 Å². The van der Waals surface area contributed by atoms with Gasteiger partial charge >= 0.3 is 0 Å². The van der Waals surface area contributed by atoms with Crippen LogP contribution in [0.4, 0.5) is 10.7 Å². The van der Waals surface area contributed by atoms with Crippen molar-refractivity contribution in [2.45, 2.75) is 36.1 Å². The SMILES string of the molecule is N#Cc1c(NC(=O)C(Sc2cccc(NC(=O)Cc3ccc(Cl)cc3)c2)c2ccccc2)sc2c1CCN(Cc1ccccc1)C2. The Morgan fingerprint density at radius 1 is 0.913 bits per heavy atom. The highest BCUT2D eigenvalue weighted by atomic mass is 35.5. The molecule has 2 N–H and O–H groups in total. The van der Waals surface area contributed by atoms with Crippen LogP contribution >= 0.6 is 34.7 Å². The van der Waals surface area contributed by atoms with Crippen molar-refractivity contribution in [2.24, 2.45) is 0 Å². The number of hydrogen-bond donors (Lipinski definition) is 2. The van der Waals surface area contributed by atoms with Gasteiger partial charge in [0.2, 0.25) is 11.8 Å². The standard InChI is InChI=1S/C37H31ClN4O2S2/c38-28-16-14-25(15-17-28)20-34(43)40-29-12-7-13-30(21-29)45-35(27-10-5-2-6-11-27)36(44)41-37-32(22-39)31-18-19-42(24-33(31)46-37)23-26-8-3-1-4-9-26/h1-17,21,35H,18-20,23-24H2,(H,40,43)(H,41,44). The van der Waals surface area contributed by atoms with Crippen LogP contribution in [0.2, 0.25) is 5.02 Å². The number of hydrogen-bond acceptors (Lipinski definition) is 6. The molecule has 0 aliphatic carbocycles. The van der Waals surface area contributed by atoms with E-state index in [4.69, 9.17) is 11.6 Å². The molecule has 46 heavy (non-hydrogen) atoms. The number of amides is 2. The average molecular weight is 663 g/mol. The zero-order valence-corrected chi connectivity index (χ0v) is 27.3. The molecule has 1 aliphatic rings. The third kappa shape index (κ3) is 7.87. The van der Waals surface area contributed by atoms with Crippen LogP contribution in [-0.4, -0.2) is 23.3 Å². The number of carbonyl (C=O) groups excluding carboxylic acids is 2. The lowest BCUT2D eigenvalue weighted by molar-refractivity contribution is -0.116.